The number of ether oxygens (including phenoxy) is 2. The molecule has 2 fully saturated rings. The van der Waals surface area contributed by atoms with Crippen molar-refractivity contribution >= 4 is 19.5 Å². The van der Waals surface area contributed by atoms with Crippen LogP contribution in [0.4, 0.5) is 10.2 Å². The lowest BCUT2D eigenvalue weighted by Crippen LogP contribution is -2.40. The number of para-hydroxylation sites is 1. The van der Waals surface area contributed by atoms with Crippen LogP contribution >= 0.6 is 7.75 Å². The Morgan fingerprint density at radius 2 is 2.03 bits per heavy atom. The Labute approximate surface area is 211 Å². The molecule has 1 aromatic carbocycles. The van der Waals surface area contributed by atoms with Crippen LogP contribution in [-0.2, 0) is 23.4 Å². The zero-order valence-electron chi connectivity index (χ0n) is 20.3. The lowest BCUT2D eigenvalue weighted by Gasteiger charge is -2.27. The summed E-state index contributed by atoms with van der Waals surface area (Å²) in [7, 11) is -4.48. The topological polar surface area (TPSA) is 164 Å². The second kappa shape index (κ2) is 9.66. The van der Waals surface area contributed by atoms with E-state index in [4.69, 9.17) is 24.3 Å². The van der Waals surface area contributed by atoms with E-state index < -0.39 is 61.3 Å². The number of rotatable bonds is 10. The molecule has 4 N–H and O–H groups in total. The van der Waals surface area contributed by atoms with Crippen molar-refractivity contribution in [2.75, 3.05) is 5.73 Å². The Balaban J connectivity index is 1.61. The molecule has 12 nitrogen and oxygen atoms in total. The second-order valence-corrected chi connectivity index (χ2v) is 10.6. The van der Waals surface area contributed by atoms with E-state index in [2.05, 4.69) is 16.7 Å². The molecule has 1 saturated carbocycles. The van der Waals surface area contributed by atoms with Crippen LogP contribution < -0.4 is 21.0 Å². The molecular weight excluding hydrogens is 510 g/mol. The first-order chi connectivity index (χ1) is 17.4. The van der Waals surface area contributed by atoms with Crippen LogP contribution in [0.2, 0.25) is 0 Å². The average Bonchev–Trinajstić information content (AvgIpc) is 3.22. The Bertz CT molecular complexity index is 1290. The highest BCUT2D eigenvalue weighted by molar-refractivity contribution is 7.52. The zero-order valence-corrected chi connectivity index (χ0v) is 21.2. The minimum Gasteiger partial charge on any atom is -0.462 e. The van der Waals surface area contributed by atoms with Crippen LogP contribution in [-0.4, -0.2) is 56.3 Å². The maximum absolute atomic E-state index is 15.6. The Kier molecular flexibility index (Phi) is 7.04. The molecule has 1 aliphatic carbocycles. The summed E-state index contributed by atoms with van der Waals surface area (Å²) in [5.41, 5.74) is 0.310. The third-order valence-electron chi connectivity index (χ3n) is 6.02. The van der Waals surface area contributed by atoms with Crippen LogP contribution in [0.1, 0.15) is 27.0 Å². The second-order valence-electron chi connectivity index (χ2n) is 9.00. The van der Waals surface area contributed by atoms with Crippen LogP contribution in [0.15, 0.2) is 60.0 Å². The third-order valence-corrected chi connectivity index (χ3v) is 7.66. The molecule has 0 spiro atoms. The normalized spacial score (nSPS) is 30.7. The van der Waals surface area contributed by atoms with Gasteiger partial charge in [0.15, 0.2) is 23.6 Å². The SMILES string of the molecule is C=C[C@]12O[C@@H](n3ccc(N)nc3=O)[C@H](F)[C@@]1(O)C2OP(=O)(N[C@@H](C)C(=O)OC(C)C)Oc1ccccc1. The molecule has 14 heteroatoms. The zero-order chi connectivity index (χ0) is 27.2. The van der Waals surface area contributed by atoms with Gasteiger partial charge in [-0.05, 0) is 39.0 Å². The number of carbonyl (C=O) groups is 1. The molecule has 1 aromatic heterocycles. The van der Waals surface area contributed by atoms with Gasteiger partial charge in [0.1, 0.15) is 23.7 Å². The number of aromatic nitrogens is 2. The summed E-state index contributed by atoms with van der Waals surface area (Å²) in [4.78, 5) is 28.1. The fourth-order valence-corrected chi connectivity index (χ4v) is 5.92. The molecule has 1 aliphatic heterocycles. The molecule has 0 amide bonds. The number of nitrogens with two attached hydrogens (primary N) is 1. The lowest BCUT2D eigenvalue weighted by molar-refractivity contribution is -0.149. The van der Waals surface area contributed by atoms with E-state index in [1.165, 1.54) is 31.3 Å². The highest BCUT2D eigenvalue weighted by atomic mass is 31.2. The average molecular weight is 538 g/mol. The number of hydrogen-bond donors (Lipinski definition) is 3. The molecule has 4 rings (SSSR count). The number of nitrogen functional groups attached to an aromatic ring is 1. The van der Waals surface area contributed by atoms with E-state index in [-0.39, 0.29) is 11.6 Å². The first-order valence-corrected chi connectivity index (χ1v) is 12.9. The minimum atomic E-state index is -4.48. The van der Waals surface area contributed by atoms with Gasteiger partial charge in [0.05, 0.1) is 6.10 Å². The van der Waals surface area contributed by atoms with Crippen LogP contribution in [0.25, 0.3) is 0 Å². The van der Waals surface area contributed by atoms with Gasteiger partial charge in [-0.15, -0.1) is 6.58 Å². The van der Waals surface area contributed by atoms with E-state index >= 15 is 4.39 Å². The number of halogens is 1. The number of fused-ring (bicyclic) bond motifs is 1. The van der Waals surface area contributed by atoms with Crippen LogP contribution in [0.3, 0.4) is 0 Å². The minimum absolute atomic E-state index is 0.0756. The number of nitrogens with zero attached hydrogens (tertiary/aromatic N) is 2. The number of aliphatic hydroxyl groups is 1. The molecule has 0 bridgehead atoms. The molecule has 200 valence electrons. The number of nitrogens with one attached hydrogen (secondary N) is 1. The first kappa shape index (κ1) is 27.0. The molecule has 1 saturated heterocycles. The van der Waals surface area contributed by atoms with Crippen molar-refractivity contribution in [3.05, 3.63) is 65.7 Å². The number of anilines is 1. The van der Waals surface area contributed by atoms with Gasteiger partial charge in [-0.2, -0.15) is 10.1 Å². The fraction of sp³-hybridized carbons (Fsp3) is 0.435. The molecule has 7 atom stereocenters. The summed E-state index contributed by atoms with van der Waals surface area (Å²) in [6.45, 7) is 8.28. The summed E-state index contributed by atoms with van der Waals surface area (Å²) in [6, 6.07) is 8.01. The van der Waals surface area contributed by atoms with Gasteiger partial charge in [0.25, 0.3) is 0 Å². The van der Waals surface area contributed by atoms with Crippen molar-refractivity contribution in [3.8, 4) is 5.75 Å². The van der Waals surface area contributed by atoms with Crippen molar-refractivity contribution in [3.63, 3.8) is 0 Å². The first-order valence-electron chi connectivity index (χ1n) is 11.4. The third kappa shape index (κ3) is 4.69. The van der Waals surface area contributed by atoms with Crippen molar-refractivity contribution in [1.82, 2.24) is 14.6 Å². The summed E-state index contributed by atoms with van der Waals surface area (Å²) in [5.74, 6) is -0.699. The molecule has 2 aliphatic rings. The Morgan fingerprint density at radius 1 is 1.35 bits per heavy atom. The van der Waals surface area contributed by atoms with E-state index in [9.17, 15) is 19.3 Å². The van der Waals surface area contributed by atoms with Gasteiger partial charge >= 0.3 is 19.4 Å². The van der Waals surface area contributed by atoms with E-state index in [0.717, 1.165) is 10.6 Å². The number of benzene rings is 1. The number of carbonyl (C=O) groups excluding carboxylic acids is 1. The number of hydrogen-bond acceptors (Lipinski definition) is 10. The molecule has 2 heterocycles. The van der Waals surface area contributed by atoms with Gasteiger partial charge in [0, 0.05) is 6.20 Å². The van der Waals surface area contributed by atoms with E-state index in [1.807, 2.05) is 0 Å². The van der Waals surface area contributed by atoms with Crippen molar-refractivity contribution in [2.24, 2.45) is 0 Å². The predicted molar refractivity (Wildman–Crippen MR) is 129 cm³/mol. The quantitative estimate of drug-likeness (QED) is 0.230. The van der Waals surface area contributed by atoms with Crippen molar-refractivity contribution in [1.29, 1.82) is 0 Å². The fourth-order valence-electron chi connectivity index (χ4n) is 4.19. The monoisotopic (exact) mass is 538 g/mol. The Morgan fingerprint density at radius 3 is 2.59 bits per heavy atom. The standard InChI is InChI=1S/C23H28FN4O8P/c1-5-22-20(23(22,31)17(24)18(34-22)28-12-11-16(25)26-21(28)30)36-37(32,35-15-9-7-6-8-10-15)27-14(4)19(29)33-13(2)3/h5-14,17-18,20,31H,1H2,2-4H3,(H,27,32)(H2,25,26,30)/t14-,17-,18+,20?,22+,23+,37?/m0/s1. The highest BCUT2D eigenvalue weighted by Crippen LogP contribution is 2.68. The molecular formula is C23H28FN4O8P. The Hall–Kier alpha value is -3.09. The lowest BCUT2D eigenvalue weighted by atomic mass is 10.1. The summed E-state index contributed by atoms with van der Waals surface area (Å²) >= 11 is 0. The molecule has 2 unspecified atom stereocenters. The van der Waals surface area contributed by atoms with Gasteiger partial charge in [0.2, 0.25) is 0 Å². The summed E-state index contributed by atoms with van der Waals surface area (Å²) in [5, 5.41) is 13.7. The molecule has 37 heavy (non-hydrogen) atoms. The number of esters is 1. The van der Waals surface area contributed by atoms with Crippen molar-refractivity contribution in [2.45, 2.75) is 62.6 Å². The molecule has 0 radical (unpaired) electrons. The van der Waals surface area contributed by atoms with E-state index in [0.29, 0.717) is 0 Å². The van der Waals surface area contributed by atoms with Gasteiger partial charge in [-0.3, -0.25) is 13.9 Å². The van der Waals surface area contributed by atoms with Gasteiger partial charge < -0.3 is 24.8 Å². The van der Waals surface area contributed by atoms with Gasteiger partial charge in [-0.1, -0.05) is 24.3 Å². The van der Waals surface area contributed by atoms with Gasteiger partial charge in [-0.25, -0.2) is 13.8 Å². The number of alkyl halides is 1. The van der Waals surface area contributed by atoms with Crippen LogP contribution in [0, 0.1) is 0 Å². The van der Waals surface area contributed by atoms with E-state index in [1.54, 1.807) is 32.0 Å². The van der Waals surface area contributed by atoms with Crippen LogP contribution in [0.5, 0.6) is 5.75 Å². The maximum atomic E-state index is 15.6. The summed E-state index contributed by atoms with van der Waals surface area (Å²) < 4.78 is 52.4. The highest BCUT2D eigenvalue weighted by Gasteiger charge is 2.89. The smallest absolute Gasteiger partial charge is 0.459 e. The largest absolute Gasteiger partial charge is 0.462 e. The predicted octanol–water partition coefficient (Wildman–Crippen LogP) is 1.86. The maximum Gasteiger partial charge on any atom is 0.459 e. The van der Waals surface area contributed by atoms with Crippen molar-refractivity contribution < 1.29 is 37.4 Å². The molecule has 2 aromatic rings. The summed E-state index contributed by atoms with van der Waals surface area (Å²) in [6.07, 6.45) is -3.56.